The van der Waals surface area contributed by atoms with Gasteiger partial charge in [0.2, 0.25) is 0 Å². The van der Waals surface area contributed by atoms with E-state index in [2.05, 4.69) is 17.3 Å². The van der Waals surface area contributed by atoms with Crippen molar-refractivity contribution in [1.29, 1.82) is 0 Å². The summed E-state index contributed by atoms with van der Waals surface area (Å²) in [6, 6.07) is 7.35. The lowest BCUT2D eigenvalue weighted by Gasteiger charge is -2.37. The van der Waals surface area contributed by atoms with Gasteiger partial charge < -0.3 is 4.74 Å². The summed E-state index contributed by atoms with van der Waals surface area (Å²) in [6.45, 7) is 0. The van der Waals surface area contributed by atoms with Gasteiger partial charge in [-0.2, -0.15) is 10.1 Å². The molecule has 4 aliphatic carbocycles. The van der Waals surface area contributed by atoms with Gasteiger partial charge in [0.15, 0.2) is 0 Å². The van der Waals surface area contributed by atoms with E-state index < -0.39 is 0 Å². The Balaban J connectivity index is 1.41. The maximum atomic E-state index is 12.8. The van der Waals surface area contributed by atoms with Gasteiger partial charge in [0.1, 0.15) is 5.75 Å². The van der Waals surface area contributed by atoms with E-state index in [0.29, 0.717) is 11.8 Å². The molecule has 5 nitrogen and oxygen atoms in total. The number of allylic oxidation sites excluding steroid dienone is 2. The third-order valence-corrected chi connectivity index (χ3v) is 6.08. The van der Waals surface area contributed by atoms with Gasteiger partial charge in [0.25, 0.3) is 11.8 Å². The van der Waals surface area contributed by atoms with Crippen LogP contribution in [0.1, 0.15) is 12.0 Å². The van der Waals surface area contributed by atoms with Crippen LogP contribution >= 0.6 is 0 Å². The first kappa shape index (κ1) is 14.0. The first-order valence-electron chi connectivity index (χ1n) is 8.43. The zero-order valence-electron chi connectivity index (χ0n) is 13.3. The Morgan fingerprint density at radius 3 is 2.17 bits per heavy atom. The Morgan fingerprint density at radius 2 is 1.62 bits per heavy atom. The number of imide groups is 1. The zero-order valence-corrected chi connectivity index (χ0v) is 13.3. The predicted molar refractivity (Wildman–Crippen MR) is 87.1 cm³/mol. The summed E-state index contributed by atoms with van der Waals surface area (Å²) in [4.78, 5) is 25.5. The standard InChI is InChI=1S/C19H18N2O3/c1-24-11-4-2-10(3-5-11)9-20-21-18(22)16-12-6-7-13(15-8-14(12)15)17(16)19(21)23/h2-7,9,12-17H,8H2,1H3/b20-9-/t12-,13-,14-,15+,16-,17+/m0/s1. The van der Waals surface area contributed by atoms with Gasteiger partial charge in [-0.15, -0.1) is 0 Å². The monoisotopic (exact) mass is 322 g/mol. The maximum Gasteiger partial charge on any atom is 0.254 e. The smallest absolute Gasteiger partial charge is 0.254 e. The summed E-state index contributed by atoms with van der Waals surface area (Å²) >= 11 is 0. The van der Waals surface area contributed by atoms with Crippen molar-refractivity contribution in [2.24, 2.45) is 40.6 Å². The van der Waals surface area contributed by atoms with Crippen molar-refractivity contribution >= 4 is 18.0 Å². The molecule has 1 aliphatic heterocycles. The van der Waals surface area contributed by atoms with Gasteiger partial charge in [0.05, 0.1) is 25.2 Å². The number of amides is 2. The number of ether oxygens (including phenoxy) is 1. The van der Waals surface area contributed by atoms with Gasteiger partial charge in [0, 0.05) is 0 Å². The molecule has 0 N–H and O–H groups in total. The molecule has 0 radical (unpaired) electrons. The minimum atomic E-state index is -0.190. The lowest BCUT2D eigenvalue weighted by molar-refractivity contribution is -0.140. The molecule has 2 amide bonds. The van der Waals surface area contributed by atoms with E-state index in [1.807, 2.05) is 24.3 Å². The van der Waals surface area contributed by atoms with E-state index in [4.69, 9.17) is 4.74 Å². The van der Waals surface area contributed by atoms with E-state index >= 15 is 0 Å². The molecule has 0 aromatic heterocycles. The van der Waals surface area contributed by atoms with Crippen molar-refractivity contribution < 1.29 is 14.3 Å². The summed E-state index contributed by atoms with van der Waals surface area (Å²) in [5, 5.41) is 5.32. The maximum absolute atomic E-state index is 12.8. The van der Waals surface area contributed by atoms with Crippen molar-refractivity contribution in [1.82, 2.24) is 5.01 Å². The molecule has 1 aromatic rings. The van der Waals surface area contributed by atoms with E-state index in [1.54, 1.807) is 13.3 Å². The number of hydrogen-bond acceptors (Lipinski definition) is 4. The van der Waals surface area contributed by atoms with Gasteiger partial charge in [-0.1, -0.05) is 12.2 Å². The largest absolute Gasteiger partial charge is 0.497 e. The Kier molecular flexibility index (Phi) is 2.78. The molecule has 0 spiro atoms. The van der Waals surface area contributed by atoms with Crippen LogP contribution in [0.4, 0.5) is 0 Å². The lowest BCUT2D eigenvalue weighted by atomic mass is 9.63. The second-order valence-electron chi connectivity index (χ2n) is 7.16. The molecule has 2 saturated carbocycles. The molecule has 1 aromatic carbocycles. The SMILES string of the molecule is COc1ccc(/C=N\N2C(=O)[C@@H]3[C@H]4C=C[C@@H]([C@@H]5C[C@H]45)[C@@H]3C2=O)cc1. The molecule has 2 bridgehead atoms. The van der Waals surface area contributed by atoms with Crippen LogP contribution in [0, 0.1) is 35.5 Å². The fraction of sp³-hybridized carbons (Fsp3) is 0.421. The van der Waals surface area contributed by atoms with Crippen LogP contribution in [0.15, 0.2) is 41.5 Å². The molecular weight excluding hydrogens is 304 g/mol. The molecule has 3 fully saturated rings. The third kappa shape index (κ3) is 1.78. The Hall–Kier alpha value is -2.43. The number of hydrogen-bond donors (Lipinski definition) is 0. The quantitative estimate of drug-likeness (QED) is 0.486. The van der Waals surface area contributed by atoms with Crippen LogP contribution in [0.25, 0.3) is 0 Å². The first-order valence-corrected chi connectivity index (χ1v) is 8.43. The van der Waals surface area contributed by atoms with Crippen molar-refractivity contribution in [2.75, 3.05) is 7.11 Å². The second kappa shape index (κ2) is 4.79. The van der Waals surface area contributed by atoms with Gasteiger partial charge in [-0.25, -0.2) is 0 Å². The number of methoxy groups -OCH3 is 1. The molecule has 5 aliphatic rings. The fourth-order valence-corrected chi connectivity index (χ4v) is 4.87. The van der Waals surface area contributed by atoms with Crippen LogP contribution in [0.2, 0.25) is 0 Å². The molecule has 122 valence electrons. The normalized spacial score (nSPS) is 38.6. The van der Waals surface area contributed by atoms with E-state index in [9.17, 15) is 9.59 Å². The number of carbonyl (C=O) groups excluding carboxylic acids is 2. The summed E-state index contributed by atoms with van der Waals surface area (Å²) in [5.74, 6) is 1.83. The van der Waals surface area contributed by atoms with Crippen LogP contribution in [0.5, 0.6) is 5.75 Å². The van der Waals surface area contributed by atoms with Crippen molar-refractivity contribution in [3.05, 3.63) is 42.0 Å². The summed E-state index contributed by atoms with van der Waals surface area (Å²) in [6.07, 6.45) is 7.08. The highest BCUT2D eigenvalue weighted by molar-refractivity contribution is 6.06. The molecule has 1 saturated heterocycles. The Morgan fingerprint density at radius 1 is 1.04 bits per heavy atom. The molecule has 1 heterocycles. The summed E-state index contributed by atoms with van der Waals surface area (Å²) in [5.41, 5.74) is 0.829. The van der Waals surface area contributed by atoms with E-state index in [0.717, 1.165) is 16.3 Å². The zero-order chi connectivity index (χ0) is 16.4. The highest BCUT2D eigenvalue weighted by atomic mass is 16.5. The average Bonchev–Trinajstić information content (AvgIpc) is 3.39. The summed E-state index contributed by atoms with van der Waals surface area (Å²) in [7, 11) is 1.61. The number of rotatable bonds is 3. The number of benzene rings is 1. The van der Waals surface area contributed by atoms with Gasteiger partial charge in [-0.05, 0) is 59.9 Å². The van der Waals surface area contributed by atoms with Crippen LogP contribution in [-0.2, 0) is 9.59 Å². The minimum Gasteiger partial charge on any atom is -0.497 e. The predicted octanol–water partition coefficient (Wildman–Crippen LogP) is 2.08. The summed E-state index contributed by atoms with van der Waals surface area (Å²) < 4.78 is 5.12. The third-order valence-electron chi connectivity index (χ3n) is 6.08. The van der Waals surface area contributed by atoms with Gasteiger partial charge in [-0.3, -0.25) is 9.59 Å². The van der Waals surface area contributed by atoms with Crippen molar-refractivity contribution in [3.8, 4) is 5.75 Å². The highest BCUT2D eigenvalue weighted by Crippen LogP contribution is 2.65. The second-order valence-corrected chi connectivity index (χ2v) is 7.16. The molecule has 6 atom stereocenters. The molecule has 0 unspecified atom stereocenters. The van der Waals surface area contributed by atoms with Crippen molar-refractivity contribution in [3.63, 3.8) is 0 Å². The van der Waals surface area contributed by atoms with Crippen LogP contribution < -0.4 is 4.74 Å². The lowest BCUT2D eigenvalue weighted by Crippen LogP contribution is -2.40. The number of hydrazone groups is 1. The van der Waals surface area contributed by atoms with Crippen LogP contribution in [0.3, 0.4) is 0 Å². The first-order chi connectivity index (χ1) is 11.7. The Bertz CT molecular complexity index is 746. The molecule has 24 heavy (non-hydrogen) atoms. The number of nitrogens with zero attached hydrogens (tertiary/aromatic N) is 2. The average molecular weight is 322 g/mol. The minimum absolute atomic E-state index is 0.125. The number of carbonyl (C=O) groups is 2. The topological polar surface area (TPSA) is 59.0 Å². The van der Waals surface area contributed by atoms with Crippen LogP contribution in [-0.4, -0.2) is 30.1 Å². The van der Waals surface area contributed by atoms with E-state index in [1.165, 1.54) is 6.42 Å². The molecular formula is C19H18N2O3. The fourth-order valence-electron chi connectivity index (χ4n) is 4.87. The molecule has 5 heteroatoms. The van der Waals surface area contributed by atoms with E-state index in [-0.39, 0.29) is 35.5 Å². The van der Waals surface area contributed by atoms with Crippen molar-refractivity contribution in [2.45, 2.75) is 6.42 Å². The highest BCUT2D eigenvalue weighted by Gasteiger charge is 2.67. The Labute approximate surface area is 140 Å². The van der Waals surface area contributed by atoms with Gasteiger partial charge >= 0.3 is 0 Å². The molecule has 6 rings (SSSR count).